The van der Waals surface area contributed by atoms with E-state index in [1.165, 1.54) is 24.6 Å². The minimum absolute atomic E-state index is 0.00704. The Morgan fingerprint density at radius 1 is 1.08 bits per heavy atom. The molecule has 0 aliphatic heterocycles. The summed E-state index contributed by atoms with van der Waals surface area (Å²) in [7, 11) is 0. The lowest BCUT2D eigenvalue weighted by Crippen LogP contribution is -1.99. The summed E-state index contributed by atoms with van der Waals surface area (Å²) in [4.78, 5) is 8.50. The molecule has 0 radical (unpaired) electrons. The molecule has 3 heterocycles. The summed E-state index contributed by atoms with van der Waals surface area (Å²) in [5.74, 6) is 0.496. The second kappa shape index (κ2) is 6.54. The van der Waals surface area contributed by atoms with Crippen LogP contribution in [0.5, 0.6) is 5.88 Å². The van der Waals surface area contributed by atoms with Gasteiger partial charge in [0.05, 0.1) is 11.3 Å². The summed E-state index contributed by atoms with van der Waals surface area (Å²) in [5.41, 5.74) is 2.39. The zero-order chi connectivity index (χ0) is 17.2. The van der Waals surface area contributed by atoms with Crippen LogP contribution in [0.4, 0.5) is 8.78 Å². The Bertz CT molecular complexity index is 846. The Labute approximate surface area is 141 Å². The summed E-state index contributed by atoms with van der Waals surface area (Å²) in [6.45, 7) is 0.252. The molecule has 1 aliphatic carbocycles. The second-order valence-electron chi connectivity index (χ2n) is 5.78. The second-order valence-corrected chi connectivity index (χ2v) is 5.78. The van der Waals surface area contributed by atoms with Crippen LogP contribution >= 0.6 is 0 Å². The molecular weight excluding hydrogens is 330 g/mol. The molecule has 0 unspecified atom stereocenters. The molecular formula is C17H14F2N4O2. The van der Waals surface area contributed by atoms with E-state index in [2.05, 4.69) is 20.2 Å². The van der Waals surface area contributed by atoms with Crippen molar-refractivity contribution in [1.29, 1.82) is 0 Å². The molecule has 4 rings (SSSR count). The van der Waals surface area contributed by atoms with Gasteiger partial charge in [0.1, 0.15) is 6.61 Å². The van der Waals surface area contributed by atoms with Crippen molar-refractivity contribution in [3.63, 3.8) is 0 Å². The molecule has 0 N–H and O–H groups in total. The van der Waals surface area contributed by atoms with E-state index in [0.29, 0.717) is 23.1 Å². The number of nitrogens with zero attached hydrogens (tertiary/aromatic N) is 4. The number of hydrogen-bond donors (Lipinski definition) is 0. The zero-order valence-electron chi connectivity index (χ0n) is 13.1. The average Bonchev–Trinajstić information content (AvgIpc) is 3.37. The van der Waals surface area contributed by atoms with Gasteiger partial charge in [-0.1, -0.05) is 6.07 Å². The van der Waals surface area contributed by atoms with Crippen molar-refractivity contribution in [3.8, 4) is 17.3 Å². The van der Waals surface area contributed by atoms with E-state index in [0.717, 1.165) is 0 Å². The van der Waals surface area contributed by atoms with Gasteiger partial charge in [-0.25, -0.2) is 4.98 Å². The third-order valence-corrected chi connectivity index (χ3v) is 3.87. The van der Waals surface area contributed by atoms with Crippen molar-refractivity contribution in [2.75, 3.05) is 0 Å². The quantitative estimate of drug-likeness (QED) is 0.675. The van der Waals surface area contributed by atoms with Gasteiger partial charge in [0.2, 0.25) is 11.8 Å². The maximum absolute atomic E-state index is 12.5. The predicted octanol–water partition coefficient (Wildman–Crippen LogP) is 3.92. The molecule has 1 aliphatic rings. The van der Waals surface area contributed by atoms with E-state index in [4.69, 9.17) is 9.15 Å². The minimum atomic E-state index is -2.79. The summed E-state index contributed by atoms with van der Waals surface area (Å²) < 4.78 is 35.4. The first-order valence-electron chi connectivity index (χ1n) is 7.84. The first-order chi connectivity index (χ1) is 12.2. The van der Waals surface area contributed by atoms with Crippen LogP contribution in [0.1, 0.15) is 42.3 Å². The van der Waals surface area contributed by atoms with E-state index >= 15 is 0 Å². The lowest BCUT2D eigenvalue weighted by molar-refractivity contribution is 0.116. The highest BCUT2D eigenvalue weighted by Crippen LogP contribution is 2.39. The maximum Gasteiger partial charge on any atom is 0.314 e. The van der Waals surface area contributed by atoms with Crippen LogP contribution in [0.3, 0.4) is 0 Å². The van der Waals surface area contributed by atoms with Gasteiger partial charge in [0, 0.05) is 18.5 Å². The molecule has 6 nitrogen and oxygen atoms in total. The maximum atomic E-state index is 12.5. The molecule has 0 spiro atoms. The third kappa shape index (κ3) is 3.62. The summed E-state index contributed by atoms with van der Waals surface area (Å²) in [5, 5.41) is 6.87. The highest BCUT2D eigenvalue weighted by atomic mass is 19.3. The topological polar surface area (TPSA) is 73.9 Å². The van der Waals surface area contributed by atoms with Crippen LogP contribution in [-0.4, -0.2) is 20.2 Å². The molecule has 0 bridgehead atoms. The van der Waals surface area contributed by atoms with Crippen LogP contribution in [0.2, 0.25) is 0 Å². The van der Waals surface area contributed by atoms with Gasteiger partial charge in [-0.3, -0.25) is 4.98 Å². The van der Waals surface area contributed by atoms with Gasteiger partial charge in [-0.15, -0.1) is 10.2 Å². The molecule has 0 amide bonds. The van der Waals surface area contributed by atoms with Gasteiger partial charge in [-0.2, -0.15) is 8.78 Å². The molecule has 3 aromatic heterocycles. The standard InChI is InChI=1S/C17H14F2N4O2/c18-15(19)17-23-22-16(25-17)12-3-5-13(20-8-12)9-24-14-6-4-11(7-21-14)10-1-2-10/h3-8,10,15H,1-2,9H2. The van der Waals surface area contributed by atoms with E-state index < -0.39 is 12.3 Å². The predicted molar refractivity (Wildman–Crippen MR) is 83.0 cm³/mol. The fourth-order valence-corrected chi connectivity index (χ4v) is 2.36. The minimum Gasteiger partial charge on any atom is -0.471 e. The number of rotatable bonds is 6. The van der Waals surface area contributed by atoms with Crippen molar-refractivity contribution >= 4 is 0 Å². The number of ether oxygens (including phenoxy) is 1. The summed E-state index contributed by atoms with van der Waals surface area (Å²) in [6, 6.07) is 7.26. The lowest BCUT2D eigenvalue weighted by Gasteiger charge is -2.06. The smallest absolute Gasteiger partial charge is 0.314 e. The summed E-state index contributed by atoms with van der Waals surface area (Å²) >= 11 is 0. The van der Waals surface area contributed by atoms with Crippen molar-refractivity contribution in [3.05, 3.63) is 53.8 Å². The normalized spacial score (nSPS) is 14.0. The van der Waals surface area contributed by atoms with Gasteiger partial charge < -0.3 is 9.15 Å². The lowest BCUT2D eigenvalue weighted by atomic mass is 10.2. The van der Waals surface area contributed by atoms with E-state index in [-0.39, 0.29) is 12.5 Å². The SMILES string of the molecule is FC(F)c1nnc(-c2ccc(COc3ccc(C4CC4)cn3)nc2)o1. The fourth-order valence-electron chi connectivity index (χ4n) is 2.36. The highest BCUT2D eigenvalue weighted by Gasteiger charge is 2.23. The van der Waals surface area contributed by atoms with Crippen LogP contribution in [0, 0.1) is 0 Å². The fraction of sp³-hybridized carbons (Fsp3) is 0.294. The monoisotopic (exact) mass is 344 g/mol. The molecule has 0 atom stereocenters. The number of alkyl halides is 2. The first kappa shape index (κ1) is 15.6. The zero-order valence-corrected chi connectivity index (χ0v) is 13.1. The average molecular weight is 344 g/mol. The Morgan fingerprint density at radius 3 is 2.56 bits per heavy atom. The molecule has 25 heavy (non-hydrogen) atoms. The number of aromatic nitrogens is 4. The molecule has 0 saturated heterocycles. The summed E-state index contributed by atoms with van der Waals surface area (Å²) in [6.07, 6.45) is 3.00. The Kier molecular flexibility index (Phi) is 4.09. The van der Waals surface area contributed by atoms with E-state index in [9.17, 15) is 8.78 Å². The van der Waals surface area contributed by atoms with Crippen molar-refractivity contribution in [1.82, 2.24) is 20.2 Å². The highest BCUT2D eigenvalue weighted by molar-refractivity contribution is 5.50. The molecule has 1 saturated carbocycles. The largest absolute Gasteiger partial charge is 0.471 e. The van der Waals surface area contributed by atoms with Crippen molar-refractivity contribution < 1.29 is 17.9 Å². The Morgan fingerprint density at radius 2 is 1.96 bits per heavy atom. The van der Waals surface area contributed by atoms with Crippen LogP contribution in [0.15, 0.2) is 41.1 Å². The van der Waals surface area contributed by atoms with E-state index in [1.807, 2.05) is 18.3 Å². The van der Waals surface area contributed by atoms with Crippen LogP contribution < -0.4 is 4.74 Å². The Hall–Kier alpha value is -2.90. The molecule has 0 aromatic carbocycles. The molecule has 128 valence electrons. The third-order valence-electron chi connectivity index (χ3n) is 3.87. The Balaban J connectivity index is 1.38. The molecule has 1 fully saturated rings. The molecule has 3 aromatic rings. The van der Waals surface area contributed by atoms with Gasteiger partial charge in [-0.05, 0) is 36.5 Å². The number of pyridine rings is 2. The number of hydrogen-bond acceptors (Lipinski definition) is 6. The van der Waals surface area contributed by atoms with Gasteiger partial charge in [0.15, 0.2) is 0 Å². The van der Waals surface area contributed by atoms with Crippen LogP contribution in [0.25, 0.3) is 11.5 Å². The number of halogens is 2. The first-order valence-corrected chi connectivity index (χ1v) is 7.84. The van der Waals surface area contributed by atoms with E-state index in [1.54, 1.807) is 12.1 Å². The van der Waals surface area contributed by atoms with Crippen molar-refractivity contribution in [2.24, 2.45) is 0 Å². The van der Waals surface area contributed by atoms with Crippen LogP contribution in [-0.2, 0) is 6.61 Å². The molecule has 8 heteroatoms. The van der Waals surface area contributed by atoms with Crippen molar-refractivity contribution in [2.45, 2.75) is 31.8 Å². The van der Waals surface area contributed by atoms with Gasteiger partial charge in [0.25, 0.3) is 5.89 Å². The van der Waals surface area contributed by atoms with Gasteiger partial charge >= 0.3 is 6.43 Å².